The van der Waals surface area contributed by atoms with Gasteiger partial charge in [0.05, 0.1) is 7.11 Å². The number of aryl methyl sites for hydroxylation is 1. The summed E-state index contributed by atoms with van der Waals surface area (Å²) < 4.78 is 16.3. The highest BCUT2D eigenvalue weighted by molar-refractivity contribution is 5.43. The number of aliphatic hydroxyl groups is 1. The molecule has 1 aliphatic rings. The van der Waals surface area contributed by atoms with Gasteiger partial charge in [-0.25, -0.2) is 0 Å². The Morgan fingerprint density at radius 3 is 2.63 bits per heavy atom. The second kappa shape index (κ2) is 6.26. The van der Waals surface area contributed by atoms with Crippen molar-refractivity contribution in [2.45, 2.75) is 31.8 Å². The first-order chi connectivity index (χ1) is 9.17. The van der Waals surface area contributed by atoms with Crippen molar-refractivity contribution in [2.24, 2.45) is 0 Å². The zero-order chi connectivity index (χ0) is 13.7. The summed E-state index contributed by atoms with van der Waals surface area (Å²) in [5.74, 6) is 1.40. The second-order valence-corrected chi connectivity index (χ2v) is 4.96. The maximum atomic E-state index is 10.4. The van der Waals surface area contributed by atoms with Crippen LogP contribution in [0.15, 0.2) is 18.2 Å². The smallest absolute Gasteiger partial charge is 0.161 e. The SMILES string of the molecule is CCc1ccc(OCC2(O)CCOCC2)c(OC)c1. The standard InChI is InChI=1S/C15H22O4/c1-3-12-4-5-13(14(10-12)17-2)19-11-15(16)6-8-18-9-7-15/h4-5,10,16H,3,6-9,11H2,1-2H3. The predicted octanol–water partition coefficient (Wildman–Crippen LogP) is 2.18. The molecule has 1 fully saturated rings. The minimum atomic E-state index is -0.785. The molecule has 0 spiro atoms. The summed E-state index contributed by atoms with van der Waals surface area (Å²) in [6.07, 6.45) is 2.18. The molecule has 0 bridgehead atoms. The molecule has 0 amide bonds. The number of hydrogen-bond donors (Lipinski definition) is 1. The van der Waals surface area contributed by atoms with E-state index in [0.29, 0.717) is 31.8 Å². The van der Waals surface area contributed by atoms with Crippen LogP contribution in [-0.4, -0.2) is 37.6 Å². The van der Waals surface area contributed by atoms with Crippen molar-refractivity contribution in [3.05, 3.63) is 23.8 Å². The summed E-state index contributed by atoms with van der Waals surface area (Å²) in [7, 11) is 1.63. The minimum absolute atomic E-state index is 0.276. The van der Waals surface area contributed by atoms with Gasteiger partial charge in [0, 0.05) is 26.1 Å². The highest BCUT2D eigenvalue weighted by atomic mass is 16.5. The molecule has 106 valence electrons. The van der Waals surface area contributed by atoms with E-state index in [1.165, 1.54) is 5.56 Å². The lowest BCUT2D eigenvalue weighted by atomic mass is 9.96. The molecule has 0 aliphatic carbocycles. The second-order valence-electron chi connectivity index (χ2n) is 4.96. The van der Waals surface area contributed by atoms with E-state index in [-0.39, 0.29) is 6.61 Å². The number of hydrogen-bond acceptors (Lipinski definition) is 4. The Kier molecular flexibility index (Phi) is 4.66. The number of ether oxygens (including phenoxy) is 3. The largest absolute Gasteiger partial charge is 0.493 e. The van der Waals surface area contributed by atoms with Crippen molar-refractivity contribution in [3.63, 3.8) is 0 Å². The molecule has 1 heterocycles. The van der Waals surface area contributed by atoms with Crippen LogP contribution in [0.4, 0.5) is 0 Å². The van der Waals surface area contributed by atoms with E-state index in [1.807, 2.05) is 18.2 Å². The summed E-state index contributed by atoms with van der Waals surface area (Å²) in [6.45, 7) is 3.55. The van der Waals surface area contributed by atoms with Crippen LogP contribution in [0, 0.1) is 0 Å². The number of benzene rings is 1. The van der Waals surface area contributed by atoms with E-state index >= 15 is 0 Å². The Morgan fingerprint density at radius 1 is 1.26 bits per heavy atom. The quantitative estimate of drug-likeness (QED) is 0.887. The van der Waals surface area contributed by atoms with Crippen molar-refractivity contribution in [1.82, 2.24) is 0 Å². The molecule has 2 rings (SSSR count). The molecule has 0 saturated carbocycles. The van der Waals surface area contributed by atoms with E-state index in [1.54, 1.807) is 7.11 Å². The van der Waals surface area contributed by atoms with Gasteiger partial charge in [-0.05, 0) is 24.1 Å². The Morgan fingerprint density at radius 2 is 2.00 bits per heavy atom. The van der Waals surface area contributed by atoms with E-state index in [9.17, 15) is 5.11 Å². The maximum Gasteiger partial charge on any atom is 0.161 e. The molecular formula is C15H22O4. The van der Waals surface area contributed by atoms with E-state index in [2.05, 4.69) is 6.92 Å². The number of rotatable bonds is 5. The summed E-state index contributed by atoms with van der Waals surface area (Å²) in [5.41, 5.74) is 0.418. The van der Waals surface area contributed by atoms with Gasteiger partial charge in [-0.15, -0.1) is 0 Å². The first kappa shape index (κ1) is 14.2. The van der Waals surface area contributed by atoms with E-state index < -0.39 is 5.60 Å². The lowest BCUT2D eigenvalue weighted by Gasteiger charge is -2.31. The molecule has 4 heteroatoms. The highest BCUT2D eigenvalue weighted by Crippen LogP contribution is 2.30. The molecule has 19 heavy (non-hydrogen) atoms. The average Bonchev–Trinajstić information content (AvgIpc) is 2.45. The van der Waals surface area contributed by atoms with Crippen LogP contribution in [0.1, 0.15) is 25.3 Å². The van der Waals surface area contributed by atoms with Gasteiger partial charge < -0.3 is 19.3 Å². The molecule has 0 radical (unpaired) electrons. The van der Waals surface area contributed by atoms with Crippen molar-refractivity contribution < 1.29 is 19.3 Å². The third-order valence-corrected chi connectivity index (χ3v) is 3.56. The molecule has 1 saturated heterocycles. The molecule has 4 nitrogen and oxygen atoms in total. The minimum Gasteiger partial charge on any atom is -0.493 e. The molecule has 0 atom stereocenters. The Bertz CT molecular complexity index is 411. The fourth-order valence-corrected chi connectivity index (χ4v) is 2.16. The molecule has 0 aromatic heterocycles. The van der Waals surface area contributed by atoms with Crippen molar-refractivity contribution >= 4 is 0 Å². The van der Waals surface area contributed by atoms with Crippen molar-refractivity contribution in [1.29, 1.82) is 0 Å². The first-order valence-corrected chi connectivity index (χ1v) is 6.77. The highest BCUT2D eigenvalue weighted by Gasteiger charge is 2.31. The summed E-state index contributed by atoms with van der Waals surface area (Å²) >= 11 is 0. The fraction of sp³-hybridized carbons (Fsp3) is 0.600. The fourth-order valence-electron chi connectivity index (χ4n) is 2.16. The normalized spacial score (nSPS) is 18.1. The Balaban J connectivity index is 2.02. The maximum absolute atomic E-state index is 10.4. The summed E-state index contributed by atoms with van der Waals surface area (Å²) in [4.78, 5) is 0. The Hall–Kier alpha value is -1.26. The van der Waals surface area contributed by atoms with Gasteiger partial charge in [-0.1, -0.05) is 13.0 Å². The lowest BCUT2D eigenvalue weighted by Crippen LogP contribution is -2.41. The summed E-state index contributed by atoms with van der Waals surface area (Å²) in [6, 6.07) is 5.90. The van der Waals surface area contributed by atoms with Crippen molar-refractivity contribution in [2.75, 3.05) is 26.9 Å². The van der Waals surface area contributed by atoms with Gasteiger partial charge in [-0.3, -0.25) is 0 Å². The van der Waals surface area contributed by atoms with Crippen LogP contribution >= 0.6 is 0 Å². The van der Waals surface area contributed by atoms with Crippen LogP contribution in [0.2, 0.25) is 0 Å². The third kappa shape index (κ3) is 3.61. The van der Waals surface area contributed by atoms with Gasteiger partial charge in [0.25, 0.3) is 0 Å². The van der Waals surface area contributed by atoms with Gasteiger partial charge in [0.15, 0.2) is 11.5 Å². The Labute approximate surface area is 114 Å². The van der Waals surface area contributed by atoms with Gasteiger partial charge in [-0.2, -0.15) is 0 Å². The molecular weight excluding hydrogens is 244 g/mol. The van der Waals surface area contributed by atoms with Crippen LogP contribution in [-0.2, 0) is 11.2 Å². The van der Waals surface area contributed by atoms with E-state index in [0.717, 1.165) is 12.2 Å². The number of methoxy groups -OCH3 is 1. The molecule has 1 aromatic rings. The van der Waals surface area contributed by atoms with Crippen LogP contribution in [0.3, 0.4) is 0 Å². The van der Waals surface area contributed by atoms with Crippen LogP contribution < -0.4 is 9.47 Å². The van der Waals surface area contributed by atoms with Gasteiger partial charge in [0.2, 0.25) is 0 Å². The average molecular weight is 266 g/mol. The molecule has 0 unspecified atom stereocenters. The van der Waals surface area contributed by atoms with Gasteiger partial charge >= 0.3 is 0 Å². The topological polar surface area (TPSA) is 47.9 Å². The van der Waals surface area contributed by atoms with E-state index in [4.69, 9.17) is 14.2 Å². The monoisotopic (exact) mass is 266 g/mol. The first-order valence-electron chi connectivity index (χ1n) is 6.77. The zero-order valence-corrected chi connectivity index (χ0v) is 11.6. The molecule has 1 aromatic carbocycles. The lowest BCUT2D eigenvalue weighted by molar-refractivity contribution is -0.0858. The van der Waals surface area contributed by atoms with Gasteiger partial charge in [0.1, 0.15) is 12.2 Å². The van der Waals surface area contributed by atoms with Crippen molar-refractivity contribution in [3.8, 4) is 11.5 Å². The zero-order valence-electron chi connectivity index (χ0n) is 11.6. The molecule has 1 aliphatic heterocycles. The van der Waals surface area contributed by atoms with Crippen LogP contribution in [0.5, 0.6) is 11.5 Å². The van der Waals surface area contributed by atoms with Crippen LogP contribution in [0.25, 0.3) is 0 Å². The third-order valence-electron chi connectivity index (χ3n) is 3.56. The molecule has 1 N–H and O–H groups in total. The summed E-state index contributed by atoms with van der Waals surface area (Å²) in [5, 5.41) is 10.4. The predicted molar refractivity (Wildman–Crippen MR) is 72.9 cm³/mol.